The van der Waals surface area contributed by atoms with Crippen LogP contribution in [0, 0.1) is 5.82 Å². The van der Waals surface area contributed by atoms with Crippen molar-refractivity contribution in [3.63, 3.8) is 0 Å². The summed E-state index contributed by atoms with van der Waals surface area (Å²) in [4.78, 5) is 13.7. The summed E-state index contributed by atoms with van der Waals surface area (Å²) in [6, 6.07) is 1.22. The Morgan fingerprint density at radius 2 is 2.05 bits per heavy atom. The summed E-state index contributed by atoms with van der Waals surface area (Å²) in [5.41, 5.74) is -5.44. The van der Waals surface area contributed by atoms with Gasteiger partial charge < -0.3 is 24.3 Å². The summed E-state index contributed by atoms with van der Waals surface area (Å²) in [7, 11) is 0. The Morgan fingerprint density at radius 3 is 2.70 bits per heavy atom. The van der Waals surface area contributed by atoms with Gasteiger partial charge in [0.2, 0.25) is 0 Å². The van der Waals surface area contributed by atoms with Crippen molar-refractivity contribution < 1.29 is 50.0 Å². The van der Waals surface area contributed by atoms with E-state index in [1.54, 1.807) is 0 Å². The third-order valence-electron chi connectivity index (χ3n) is 6.86. The van der Waals surface area contributed by atoms with Gasteiger partial charge in [0, 0.05) is 29.8 Å². The molecule has 2 aromatic carbocycles. The molecule has 0 saturated heterocycles. The number of hydrogen-bond acceptors (Lipinski definition) is 5. The first-order chi connectivity index (χ1) is 20.9. The predicted molar refractivity (Wildman–Crippen MR) is 131 cm³/mol. The van der Waals surface area contributed by atoms with Gasteiger partial charge >= 0.3 is 6.29 Å². The van der Waals surface area contributed by atoms with Crippen molar-refractivity contribution in [2.45, 2.75) is 76.1 Å². The van der Waals surface area contributed by atoms with Crippen LogP contribution in [-0.4, -0.2) is 39.5 Å². The zero-order chi connectivity index (χ0) is 34.6. The molecule has 2 heterocycles. The van der Waals surface area contributed by atoms with Crippen molar-refractivity contribution in [2.24, 2.45) is 0 Å². The van der Waals surface area contributed by atoms with E-state index in [0.29, 0.717) is 4.57 Å². The molecule has 2 atom stereocenters. The number of carbonyl (C=O) groups is 1. The molecular weight excluding hydrogens is 487 g/mol. The Labute approximate surface area is 225 Å². The van der Waals surface area contributed by atoms with Crippen molar-refractivity contribution in [3.05, 3.63) is 59.0 Å². The molecule has 37 heavy (non-hydrogen) atoms. The lowest BCUT2D eigenvalue weighted by molar-refractivity contribution is -0.286. The van der Waals surface area contributed by atoms with E-state index in [-0.39, 0.29) is 29.9 Å². The number of fused-ring (bicyclic) bond motifs is 2. The van der Waals surface area contributed by atoms with Gasteiger partial charge in [0.05, 0.1) is 35.6 Å². The van der Waals surface area contributed by atoms with Gasteiger partial charge in [-0.15, -0.1) is 8.78 Å². The van der Waals surface area contributed by atoms with Gasteiger partial charge in [-0.1, -0.05) is 26.8 Å². The van der Waals surface area contributed by atoms with Crippen LogP contribution >= 0.6 is 0 Å². The van der Waals surface area contributed by atoms with Crippen LogP contribution in [0.4, 0.5) is 13.2 Å². The number of hydrogen-bond donors (Lipinski definition) is 2. The maximum atomic E-state index is 16.0. The number of rotatable bonds is 9. The first-order valence-corrected chi connectivity index (χ1v) is 11.5. The van der Waals surface area contributed by atoms with Crippen LogP contribution in [0.1, 0.15) is 69.1 Å². The van der Waals surface area contributed by atoms with E-state index in [2.05, 4.69) is 9.47 Å². The lowest BCUT2D eigenvalue weighted by Crippen LogP contribution is -2.26. The van der Waals surface area contributed by atoms with E-state index in [9.17, 15) is 23.8 Å². The number of carbonyl (C=O) groups excluding carboxylic acids is 1. The first-order valence-electron chi connectivity index (χ1n) is 16.0. The minimum Gasteiger partial charge on any atom is -0.395 e. The molecule has 1 aliphatic heterocycles. The highest BCUT2D eigenvalue weighted by Crippen LogP contribution is 2.52. The summed E-state index contributed by atoms with van der Waals surface area (Å²) >= 11 is 0. The molecule has 9 heteroatoms. The molecule has 198 valence electrons. The lowest BCUT2D eigenvalue weighted by Gasteiger charge is -2.26. The summed E-state index contributed by atoms with van der Waals surface area (Å²) < 4.78 is 129. The average molecular weight is 527 g/mol. The predicted octanol–water partition coefficient (Wildman–Crippen LogP) is 4.99. The Kier molecular flexibility index (Phi) is 3.97. The van der Waals surface area contributed by atoms with Crippen LogP contribution in [0.15, 0.2) is 36.3 Å². The number of aromatic nitrogens is 1. The van der Waals surface area contributed by atoms with Crippen molar-refractivity contribution in [3.8, 4) is 11.5 Å². The van der Waals surface area contributed by atoms with Crippen LogP contribution in [-0.2, 0) is 28.6 Å². The highest BCUT2D eigenvalue weighted by atomic mass is 19.3. The van der Waals surface area contributed by atoms with Gasteiger partial charge in [-0.2, -0.15) is 0 Å². The van der Waals surface area contributed by atoms with Crippen LogP contribution in [0.25, 0.3) is 10.9 Å². The molecular formula is C28H30F3NO5. The Morgan fingerprint density at radius 1 is 1.32 bits per heavy atom. The Balaban J connectivity index is 1.69. The Bertz CT molecular complexity index is 1750. The molecule has 6 nitrogen and oxygen atoms in total. The molecule has 5 rings (SSSR count). The third-order valence-corrected chi connectivity index (χ3v) is 6.86. The second-order valence-corrected chi connectivity index (χ2v) is 9.44. The molecule has 0 spiro atoms. The number of aliphatic hydroxyl groups is 2. The van der Waals surface area contributed by atoms with Crippen molar-refractivity contribution in [1.82, 2.24) is 4.57 Å². The van der Waals surface area contributed by atoms with Gasteiger partial charge in [0.1, 0.15) is 11.6 Å². The standard InChI is InChI=1S/C28H30F3NO5/c1-4-26(2,3)24-10-17-9-16(20(29)13-21(17)32(24)14-19(34)15-33)11-25(35)27(7-8-27)18-5-6-22-23(12-18)37-28(30,31)36-22/h5-6,9-10,12-13,19,33-34H,4,7-8,11,14-15H2,1-3H3/t19-/m0/s1/i2D3,4D2,9D,10D,13D,19D/t19-,26?. The summed E-state index contributed by atoms with van der Waals surface area (Å²) in [6.45, 7) is -3.53. The normalized spacial score (nSPS) is 24.7. The fourth-order valence-electron chi connectivity index (χ4n) is 4.55. The van der Waals surface area contributed by atoms with Gasteiger partial charge in [0.25, 0.3) is 0 Å². The average Bonchev–Trinajstić information content (AvgIpc) is 3.61. The molecule has 1 saturated carbocycles. The second-order valence-electron chi connectivity index (χ2n) is 9.44. The first kappa shape index (κ1) is 16.7. The minimum atomic E-state index is -3.89. The lowest BCUT2D eigenvalue weighted by atomic mass is 9.86. The highest BCUT2D eigenvalue weighted by Gasteiger charge is 2.52. The number of halogens is 3. The van der Waals surface area contributed by atoms with E-state index in [1.807, 2.05) is 0 Å². The smallest absolute Gasteiger partial charge is 0.395 e. The molecule has 3 aromatic rings. The second kappa shape index (κ2) is 8.77. The molecule has 1 unspecified atom stereocenters. The number of benzene rings is 2. The van der Waals surface area contributed by atoms with Gasteiger partial charge in [-0.05, 0) is 60.6 Å². The van der Waals surface area contributed by atoms with Gasteiger partial charge in [-0.3, -0.25) is 4.79 Å². The van der Waals surface area contributed by atoms with Crippen LogP contribution < -0.4 is 9.47 Å². The maximum Gasteiger partial charge on any atom is 0.586 e. The van der Waals surface area contributed by atoms with E-state index in [4.69, 9.17) is 12.3 Å². The number of ether oxygens (including phenoxy) is 2. The van der Waals surface area contributed by atoms with E-state index in [1.165, 1.54) is 18.2 Å². The molecule has 2 aliphatic rings. The van der Waals surface area contributed by atoms with Gasteiger partial charge in [0.15, 0.2) is 11.5 Å². The van der Waals surface area contributed by atoms with E-state index in [0.717, 1.165) is 13.8 Å². The quantitative estimate of drug-likeness (QED) is 0.411. The molecule has 1 aromatic heterocycles. The largest absolute Gasteiger partial charge is 0.586 e. The SMILES string of the molecule is [2H]c1c(CC(=O)C2(c3ccc4c(c3)OC(F)(F)O4)CC2)c(F)c([2H])c2c1c([2H])c(C(C)(C([2H])([2H])[2H])C([2H])([2H])C)n2C[C@]([2H])(O)CO. The number of alkyl halides is 2. The maximum absolute atomic E-state index is 16.0. The minimum absolute atomic E-state index is 0.245. The summed E-state index contributed by atoms with van der Waals surface area (Å²) in [6.07, 6.45) is -9.55. The van der Waals surface area contributed by atoms with Crippen molar-refractivity contribution in [2.75, 3.05) is 6.61 Å². The fourth-order valence-corrected chi connectivity index (χ4v) is 4.55. The van der Waals surface area contributed by atoms with E-state index < -0.39 is 108 Å². The molecule has 2 N–H and O–H groups in total. The van der Waals surface area contributed by atoms with Gasteiger partial charge in [-0.25, -0.2) is 4.39 Å². The highest BCUT2D eigenvalue weighted by molar-refractivity contribution is 5.95. The fraction of sp³-hybridized carbons (Fsp3) is 0.464. The summed E-state index contributed by atoms with van der Waals surface area (Å²) in [5, 5.41) is 19.5. The molecule has 0 radical (unpaired) electrons. The number of nitrogens with zero attached hydrogens (tertiary/aromatic N) is 1. The molecule has 0 bridgehead atoms. The van der Waals surface area contributed by atoms with Crippen molar-refractivity contribution in [1.29, 1.82) is 0 Å². The number of Topliss-reactive ketones (excluding diaryl/α,β-unsaturated/α-hetero) is 1. The zero-order valence-corrected chi connectivity index (χ0v) is 20.0. The monoisotopic (exact) mass is 526 g/mol. The van der Waals surface area contributed by atoms with E-state index >= 15 is 4.39 Å². The van der Waals surface area contributed by atoms with Crippen molar-refractivity contribution >= 4 is 16.7 Å². The summed E-state index contributed by atoms with van der Waals surface area (Å²) in [5.74, 6) is -2.56. The molecule has 1 fully saturated rings. The van der Waals surface area contributed by atoms with Crippen LogP contribution in [0.2, 0.25) is 0 Å². The zero-order valence-electron chi connectivity index (χ0n) is 29.0. The molecule has 0 amide bonds. The third kappa shape index (κ3) is 4.48. The Hall–Kier alpha value is -3.04. The molecule has 1 aliphatic carbocycles. The number of ketones is 1. The van der Waals surface area contributed by atoms with Crippen LogP contribution in [0.3, 0.4) is 0 Å². The topological polar surface area (TPSA) is 80.9 Å². The van der Waals surface area contributed by atoms with Crippen LogP contribution in [0.5, 0.6) is 11.5 Å². The number of aliphatic hydroxyl groups excluding tert-OH is 1.